The Morgan fingerprint density at radius 1 is 1.69 bits per heavy atom. The Hall–Kier alpha value is -0.550. The molecule has 0 bridgehead atoms. The zero-order chi connectivity index (χ0) is 9.14. The van der Waals surface area contributed by atoms with Crippen LogP contribution in [0.25, 0.3) is 0 Å². The van der Waals surface area contributed by atoms with Gasteiger partial charge in [0.25, 0.3) is 0 Å². The smallest absolute Gasteiger partial charge is 0.407 e. The van der Waals surface area contributed by atoms with E-state index in [9.17, 15) is 9.18 Å². The molecule has 0 radical (unpaired) electrons. The number of piperidine rings is 1. The van der Waals surface area contributed by atoms with Crippen molar-refractivity contribution in [3.05, 3.63) is 0 Å². The summed E-state index contributed by atoms with van der Waals surface area (Å²) in [6.45, 7) is 0.936. The molecule has 0 saturated carbocycles. The van der Waals surface area contributed by atoms with Crippen LogP contribution >= 0.6 is 12.4 Å². The average molecular weight is 213 g/mol. The van der Waals surface area contributed by atoms with E-state index >= 15 is 0 Å². The summed E-state index contributed by atoms with van der Waals surface area (Å²) in [5.74, 6) is 0. The summed E-state index contributed by atoms with van der Waals surface area (Å²) in [5, 5.41) is 11.5. The fourth-order valence-corrected chi connectivity index (χ4v) is 1.38. The minimum atomic E-state index is -1.08. The highest BCUT2D eigenvalue weighted by atomic mass is 35.5. The molecule has 1 amide bonds. The molecule has 0 aromatic rings. The van der Waals surface area contributed by atoms with Crippen molar-refractivity contribution in [2.45, 2.75) is 18.6 Å². The van der Waals surface area contributed by atoms with Crippen LogP contribution in [-0.4, -0.2) is 48.5 Å². The third kappa shape index (κ3) is 3.00. The van der Waals surface area contributed by atoms with E-state index in [0.29, 0.717) is 13.0 Å². The lowest BCUT2D eigenvalue weighted by atomic mass is 10.0. The maximum Gasteiger partial charge on any atom is 0.407 e. The van der Waals surface area contributed by atoms with Gasteiger partial charge in [-0.2, -0.15) is 0 Å². The van der Waals surface area contributed by atoms with Gasteiger partial charge in [0.2, 0.25) is 0 Å². The second-order valence-corrected chi connectivity index (χ2v) is 2.97. The Morgan fingerprint density at radius 2 is 2.31 bits per heavy atom. The van der Waals surface area contributed by atoms with Gasteiger partial charge in [0.05, 0.1) is 6.04 Å². The van der Waals surface area contributed by atoms with E-state index < -0.39 is 18.3 Å². The van der Waals surface area contributed by atoms with E-state index in [0.717, 1.165) is 4.90 Å². The molecule has 1 aliphatic rings. The van der Waals surface area contributed by atoms with Crippen molar-refractivity contribution in [3.63, 3.8) is 0 Å². The monoisotopic (exact) mass is 212 g/mol. The quantitative estimate of drug-likeness (QED) is 0.674. The Balaban J connectivity index is 0.00000144. The number of hydrogen-bond donors (Lipinski definition) is 2. The summed E-state index contributed by atoms with van der Waals surface area (Å²) in [4.78, 5) is 11.5. The molecule has 2 N–H and O–H groups in total. The van der Waals surface area contributed by atoms with Crippen LogP contribution in [0.15, 0.2) is 0 Å². The largest absolute Gasteiger partial charge is 0.465 e. The van der Waals surface area contributed by atoms with Gasteiger partial charge in [-0.15, -0.1) is 12.4 Å². The molecule has 1 heterocycles. The summed E-state index contributed by atoms with van der Waals surface area (Å²) in [6.07, 6.45) is -1.60. The van der Waals surface area contributed by atoms with E-state index in [1.165, 1.54) is 7.05 Å². The van der Waals surface area contributed by atoms with Crippen LogP contribution in [0.4, 0.5) is 9.18 Å². The third-order valence-corrected chi connectivity index (χ3v) is 2.17. The third-order valence-electron chi connectivity index (χ3n) is 2.17. The number of alkyl halides is 1. The summed E-state index contributed by atoms with van der Waals surface area (Å²) in [7, 11) is 1.41. The molecule has 6 heteroatoms. The Morgan fingerprint density at radius 3 is 2.77 bits per heavy atom. The van der Waals surface area contributed by atoms with E-state index in [-0.39, 0.29) is 19.0 Å². The highest BCUT2D eigenvalue weighted by Crippen LogP contribution is 2.13. The Labute approximate surface area is 82.5 Å². The van der Waals surface area contributed by atoms with Gasteiger partial charge in [0, 0.05) is 13.6 Å². The zero-order valence-corrected chi connectivity index (χ0v) is 8.18. The predicted octanol–water partition coefficient (Wildman–Crippen LogP) is 0.718. The fraction of sp³-hybridized carbons (Fsp3) is 0.857. The van der Waals surface area contributed by atoms with Crippen LogP contribution in [0.3, 0.4) is 0 Å². The molecule has 13 heavy (non-hydrogen) atoms. The maximum absolute atomic E-state index is 13.1. The van der Waals surface area contributed by atoms with Gasteiger partial charge in [-0.1, -0.05) is 0 Å². The SMILES string of the molecule is CN(C(=O)O)C1CCNCC1F.Cl. The number of nitrogens with one attached hydrogen (secondary N) is 1. The Kier molecular flexibility index (Phi) is 5.02. The Bertz CT molecular complexity index is 182. The number of halogens is 2. The molecule has 0 aliphatic carbocycles. The number of nitrogens with zero attached hydrogens (tertiary/aromatic N) is 1. The molecule has 0 aromatic heterocycles. The van der Waals surface area contributed by atoms with Gasteiger partial charge in [0.1, 0.15) is 6.17 Å². The first-order chi connectivity index (χ1) is 5.63. The highest BCUT2D eigenvalue weighted by molar-refractivity contribution is 5.85. The van der Waals surface area contributed by atoms with Gasteiger partial charge in [-0.25, -0.2) is 9.18 Å². The molecular weight excluding hydrogens is 199 g/mol. The van der Waals surface area contributed by atoms with Crippen molar-refractivity contribution in [3.8, 4) is 0 Å². The van der Waals surface area contributed by atoms with Gasteiger partial charge in [-0.3, -0.25) is 0 Å². The van der Waals surface area contributed by atoms with Crippen LogP contribution in [0.2, 0.25) is 0 Å². The van der Waals surface area contributed by atoms with E-state index in [4.69, 9.17) is 5.11 Å². The molecule has 78 valence electrons. The number of hydrogen-bond acceptors (Lipinski definition) is 2. The second-order valence-electron chi connectivity index (χ2n) is 2.97. The topological polar surface area (TPSA) is 52.6 Å². The summed E-state index contributed by atoms with van der Waals surface area (Å²) in [6, 6.07) is -0.483. The lowest BCUT2D eigenvalue weighted by molar-refractivity contribution is 0.0894. The predicted molar refractivity (Wildman–Crippen MR) is 49.2 cm³/mol. The second kappa shape index (κ2) is 5.24. The molecule has 0 spiro atoms. The molecule has 1 fully saturated rings. The van der Waals surface area contributed by atoms with Crippen molar-refractivity contribution in [2.24, 2.45) is 0 Å². The van der Waals surface area contributed by atoms with Crippen LogP contribution < -0.4 is 5.32 Å². The molecule has 0 aromatic carbocycles. The zero-order valence-electron chi connectivity index (χ0n) is 7.36. The molecule has 1 saturated heterocycles. The normalized spacial score (nSPS) is 27.5. The van der Waals surface area contributed by atoms with Crippen LogP contribution in [-0.2, 0) is 0 Å². The first kappa shape index (κ1) is 12.4. The van der Waals surface area contributed by atoms with Crippen molar-refractivity contribution in [1.29, 1.82) is 0 Å². The summed E-state index contributed by atoms with van der Waals surface area (Å²) >= 11 is 0. The van der Waals surface area contributed by atoms with Crippen LogP contribution in [0, 0.1) is 0 Å². The number of amides is 1. The fourth-order valence-electron chi connectivity index (χ4n) is 1.38. The van der Waals surface area contributed by atoms with Crippen molar-refractivity contribution >= 4 is 18.5 Å². The average Bonchev–Trinajstić information content (AvgIpc) is 2.04. The van der Waals surface area contributed by atoms with Crippen LogP contribution in [0.1, 0.15) is 6.42 Å². The molecule has 1 rings (SSSR count). The molecule has 2 atom stereocenters. The van der Waals surface area contributed by atoms with E-state index in [1.807, 2.05) is 0 Å². The van der Waals surface area contributed by atoms with Gasteiger partial charge >= 0.3 is 6.09 Å². The summed E-state index contributed by atoms with van der Waals surface area (Å²) in [5.41, 5.74) is 0. The first-order valence-electron chi connectivity index (χ1n) is 3.93. The molecule has 2 unspecified atom stereocenters. The van der Waals surface area contributed by atoms with Gasteiger partial charge < -0.3 is 15.3 Å². The van der Waals surface area contributed by atoms with Crippen molar-refractivity contribution in [1.82, 2.24) is 10.2 Å². The lowest BCUT2D eigenvalue weighted by Crippen LogP contribution is -2.51. The van der Waals surface area contributed by atoms with E-state index in [2.05, 4.69) is 5.32 Å². The molecular formula is C7H14ClFN2O2. The van der Waals surface area contributed by atoms with Gasteiger partial charge in [-0.05, 0) is 13.0 Å². The lowest BCUT2D eigenvalue weighted by Gasteiger charge is -2.32. The number of rotatable bonds is 1. The maximum atomic E-state index is 13.1. The van der Waals surface area contributed by atoms with Crippen molar-refractivity contribution < 1.29 is 14.3 Å². The minimum absolute atomic E-state index is 0. The summed E-state index contributed by atoms with van der Waals surface area (Å²) < 4.78 is 13.1. The highest BCUT2D eigenvalue weighted by Gasteiger charge is 2.30. The van der Waals surface area contributed by atoms with E-state index in [1.54, 1.807) is 0 Å². The molecule has 1 aliphatic heterocycles. The minimum Gasteiger partial charge on any atom is -0.465 e. The van der Waals surface area contributed by atoms with Gasteiger partial charge in [0.15, 0.2) is 0 Å². The first-order valence-corrected chi connectivity index (χ1v) is 3.93. The molecule has 4 nitrogen and oxygen atoms in total. The number of carbonyl (C=O) groups is 1. The number of carboxylic acid groups (broad SMARTS) is 1. The van der Waals surface area contributed by atoms with Crippen LogP contribution in [0.5, 0.6) is 0 Å². The standard InChI is InChI=1S/C7H13FN2O2.ClH/c1-10(7(11)12)6-2-3-9-4-5(6)8;/h5-6,9H,2-4H2,1H3,(H,11,12);1H. The van der Waals surface area contributed by atoms with Crippen molar-refractivity contribution in [2.75, 3.05) is 20.1 Å².